The summed E-state index contributed by atoms with van der Waals surface area (Å²) in [5.74, 6) is 1.16. The van der Waals surface area contributed by atoms with E-state index in [4.69, 9.17) is 4.74 Å². The van der Waals surface area contributed by atoms with E-state index >= 15 is 0 Å². The molecule has 0 aromatic heterocycles. The Labute approximate surface area is 118 Å². The zero-order valence-electron chi connectivity index (χ0n) is 11.1. The molecule has 0 aliphatic carbocycles. The van der Waals surface area contributed by atoms with Crippen LogP contribution in [0, 0.1) is 0 Å². The first-order valence-electron chi connectivity index (χ1n) is 6.96. The normalized spacial score (nSPS) is 13.4. The molecule has 2 rings (SSSR count). The van der Waals surface area contributed by atoms with Crippen molar-refractivity contribution in [3.63, 3.8) is 0 Å². The molecule has 0 spiro atoms. The SMILES string of the molecule is CCNCCCCCc1cc(Br)cc2c1OCC2. The summed E-state index contributed by atoms with van der Waals surface area (Å²) in [6.07, 6.45) is 5.99. The van der Waals surface area contributed by atoms with Crippen LogP contribution in [-0.2, 0) is 12.8 Å². The molecule has 1 aliphatic rings. The first-order chi connectivity index (χ1) is 8.81. The van der Waals surface area contributed by atoms with Gasteiger partial charge in [-0.3, -0.25) is 0 Å². The number of aryl methyl sites for hydroxylation is 1. The number of unbranched alkanes of at least 4 members (excludes halogenated alkanes) is 2. The summed E-state index contributed by atoms with van der Waals surface area (Å²) in [5.41, 5.74) is 2.74. The van der Waals surface area contributed by atoms with Crippen LogP contribution in [0.1, 0.15) is 37.3 Å². The minimum absolute atomic E-state index is 0.846. The molecule has 1 heterocycles. The standard InChI is InChI=1S/C15H22BrNO/c1-2-17-8-5-3-4-6-12-10-14(16)11-13-7-9-18-15(12)13/h10-11,17H,2-9H2,1H3. The minimum atomic E-state index is 0.846. The predicted molar refractivity (Wildman–Crippen MR) is 79.4 cm³/mol. The molecule has 1 aromatic carbocycles. The quantitative estimate of drug-likeness (QED) is 0.775. The van der Waals surface area contributed by atoms with Crippen LogP contribution in [0.3, 0.4) is 0 Å². The van der Waals surface area contributed by atoms with Crippen LogP contribution in [0.5, 0.6) is 5.75 Å². The van der Waals surface area contributed by atoms with Gasteiger partial charge in [0.05, 0.1) is 6.61 Å². The molecule has 100 valence electrons. The molecular weight excluding hydrogens is 290 g/mol. The van der Waals surface area contributed by atoms with Gasteiger partial charge < -0.3 is 10.1 Å². The molecule has 0 fully saturated rings. The fourth-order valence-corrected chi connectivity index (χ4v) is 3.00. The molecule has 1 aromatic rings. The van der Waals surface area contributed by atoms with Crippen molar-refractivity contribution in [3.8, 4) is 5.75 Å². The lowest BCUT2D eigenvalue weighted by Gasteiger charge is -2.09. The van der Waals surface area contributed by atoms with Gasteiger partial charge in [-0.05, 0) is 55.6 Å². The van der Waals surface area contributed by atoms with Crippen molar-refractivity contribution in [1.29, 1.82) is 0 Å². The van der Waals surface area contributed by atoms with Gasteiger partial charge in [-0.2, -0.15) is 0 Å². The highest BCUT2D eigenvalue weighted by atomic mass is 79.9. The van der Waals surface area contributed by atoms with Crippen molar-refractivity contribution in [1.82, 2.24) is 5.32 Å². The summed E-state index contributed by atoms with van der Waals surface area (Å²) in [5, 5.41) is 3.37. The van der Waals surface area contributed by atoms with Crippen LogP contribution < -0.4 is 10.1 Å². The number of halogens is 1. The first kappa shape index (κ1) is 13.9. The lowest BCUT2D eigenvalue weighted by molar-refractivity contribution is 0.353. The molecule has 0 radical (unpaired) electrons. The van der Waals surface area contributed by atoms with Crippen LogP contribution in [-0.4, -0.2) is 19.7 Å². The van der Waals surface area contributed by atoms with Gasteiger partial charge in [0.2, 0.25) is 0 Å². The fraction of sp³-hybridized carbons (Fsp3) is 0.600. The third-order valence-corrected chi connectivity index (χ3v) is 3.83. The van der Waals surface area contributed by atoms with Gasteiger partial charge >= 0.3 is 0 Å². The zero-order chi connectivity index (χ0) is 12.8. The number of fused-ring (bicyclic) bond motifs is 1. The Hall–Kier alpha value is -0.540. The largest absolute Gasteiger partial charge is 0.493 e. The number of hydrogen-bond donors (Lipinski definition) is 1. The van der Waals surface area contributed by atoms with E-state index in [1.807, 2.05) is 0 Å². The summed E-state index contributed by atoms with van der Waals surface area (Å²) in [4.78, 5) is 0. The highest BCUT2D eigenvalue weighted by molar-refractivity contribution is 9.10. The van der Waals surface area contributed by atoms with Crippen molar-refractivity contribution < 1.29 is 4.74 Å². The molecule has 0 atom stereocenters. The highest BCUT2D eigenvalue weighted by Crippen LogP contribution is 2.33. The highest BCUT2D eigenvalue weighted by Gasteiger charge is 2.16. The Kier molecular flexibility index (Phi) is 5.51. The minimum Gasteiger partial charge on any atom is -0.493 e. The maximum absolute atomic E-state index is 5.75. The Morgan fingerprint density at radius 2 is 2.17 bits per heavy atom. The third-order valence-electron chi connectivity index (χ3n) is 3.38. The second-order valence-corrected chi connectivity index (χ2v) is 5.73. The molecule has 0 saturated carbocycles. The number of ether oxygens (including phenoxy) is 1. The van der Waals surface area contributed by atoms with Crippen LogP contribution in [0.15, 0.2) is 16.6 Å². The van der Waals surface area contributed by atoms with Crippen molar-refractivity contribution in [2.45, 2.75) is 39.0 Å². The maximum Gasteiger partial charge on any atom is 0.125 e. The molecule has 3 heteroatoms. The van der Waals surface area contributed by atoms with E-state index in [1.54, 1.807) is 0 Å². The summed E-state index contributed by atoms with van der Waals surface area (Å²) < 4.78 is 6.94. The predicted octanol–water partition coefficient (Wildman–Crippen LogP) is 3.71. The van der Waals surface area contributed by atoms with Crippen molar-refractivity contribution in [2.24, 2.45) is 0 Å². The van der Waals surface area contributed by atoms with E-state index in [-0.39, 0.29) is 0 Å². The van der Waals surface area contributed by atoms with Crippen molar-refractivity contribution in [3.05, 3.63) is 27.7 Å². The second kappa shape index (κ2) is 7.15. The number of nitrogens with one attached hydrogen (secondary N) is 1. The second-order valence-electron chi connectivity index (χ2n) is 4.82. The maximum atomic E-state index is 5.75. The van der Waals surface area contributed by atoms with Gasteiger partial charge in [-0.15, -0.1) is 0 Å². The molecule has 0 amide bonds. The summed E-state index contributed by atoms with van der Waals surface area (Å²) in [6, 6.07) is 4.41. The monoisotopic (exact) mass is 311 g/mol. The first-order valence-corrected chi connectivity index (χ1v) is 7.75. The van der Waals surface area contributed by atoms with Crippen LogP contribution in [0.25, 0.3) is 0 Å². The number of benzene rings is 1. The Bertz CT molecular complexity index is 392. The third kappa shape index (κ3) is 3.72. The van der Waals surface area contributed by atoms with Gasteiger partial charge in [-0.25, -0.2) is 0 Å². The average Bonchev–Trinajstić information content (AvgIpc) is 2.81. The number of rotatable bonds is 7. The van der Waals surface area contributed by atoms with Crippen molar-refractivity contribution >= 4 is 15.9 Å². The van der Waals surface area contributed by atoms with Gasteiger partial charge in [0, 0.05) is 10.9 Å². The van der Waals surface area contributed by atoms with Gasteiger partial charge in [-0.1, -0.05) is 29.3 Å². The van der Waals surface area contributed by atoms with Crippen LogP contribution in [0.2, 0.25) is 0 Å². The Morgan fingerprint density at radius 3 is 3.00 bits per heavy atom. The molecule has 1 aliphatic heterocycles. The number of hydrogen-bond acceptors (Lipinski definition) is 2. The summed E-state index contributed by atoms with van der Waals surface area (Å²) in [6.45, 7) is 5.22. The fourth-order valence-electron chi connectivity index (χ4n) is 2.45. The van der Waals surface area contributed by atoms with E-state index in [2.05, 4.69) is 40.3 Å². The summed E-state index contributed by atoms with van der Waals surface area (Å²) >= 11 is 3.59. The molecule has 0 saturated heterocycles. The lowest BCUT2D eigenvalue weighted by atomic mass is 10.0. The Morgan fingerprint density at radius 1 is 1.28 bits per heavy atom. The molecule has 1 N–H and O–H groups in total. The zero-order valence-corrected chi connectivity index (χ0v) is 12.7. The van der Waals surface area contributed by atoms with E-state index in [9.17, 15) is 0 Å². The van der Waals surface area contributed by atoms with Gasteiger partial charge in [0.15, 0.2) is 0 Å². The summed E-state index contributed by atoms with van der Waals surface area (Å²) in [7, 11) is 0. The van der Waals surface area contributed by atoms with Crippen molar-refractivity contribution in [2.75, 3.05) is 19.7 Å². The van der Waals surface area contributed by atoms with Crippen LogP contribution >= 0.6 is 15.9 Å². The molecule has 2 nitrogen and oxygen atoms in total. The van der Waals surface area contributed by atoms with Crippen LogP contribution in [0.4, 0.5) is 0 Å². The lowest BCUT2D eigenvalue weighted by Crippen LogP contribution is -2.13. The topological polar surface area (TPSA) is 21.3 Å². The van der Waals surface area contributed by atoms with E-state index in [0.29, 0.717) is 0 Å². The van der Waals surface area contributed by atoms with Gasteiger partial charge in [0.25, 0.3) is 0 Å². The average molecular weight is 312 g/mol. The molecule has 0 unspecified atom stereocenters. The van der Waals surface area contributed by atoms with E-state index < -0.39 is 0 Å². The van der Waals surface area contributed by atoms with E-state index in [1.165, 1.54) is 34.9 Å². The molecule has 18 heavy (non-hydrogen) atoms. The smallest absolute Gasteiger partial charge is 0.125 e. The van der Waals surface area contributed by atoms with Gasteiger partial charge in [0.1, 0.15) is 5.75 Å². The Balaban J connectivity index is 1.82. The molecular formula is C15H22BrNO. The molecule has 0 bridgehead atoms. The van der Waals surface area contributed by atoms with E-state index in [0.717, 1.165) is 38.3 Å².